The lowest BCUT2D eigenvalue weighted by Gasteiger charge is -2.06. The first kappa shape index (κ1) is 13.1. The van der Waals surface area contributed by atoms with Crippen molar-refractivity contribution >= 4 is 11.7 Å². The van der Waals surface area contributed by atoms with E-state index in [1.54, 1.807) is 13.1 Å². The van der Waals surface area contributed by atoms with Gasteiger partial charge in [-0.1, -0.05) is 11.8 Å². The second-order valence-corrected chi connectivity index (χ2v) is 3.51. The first-order valence-electron chi connectivity index (χ1n) is 5.36. The molecule has 0 aromatic heterocycles. The van der Waals surface area contributed by atoms with Crippen molar-refractivity contribution in [1.29, 1.82) is 0 Å². The predicted octanol–water partition coefficient (Wildman–Crippen LogP) is 1.48. The van der Waals surface area contributed by atoms with Crippen LogP contribution in [-0.4, -0.2) is 24.8 Å². The maximum atomic E-state index is 11.1. The number of carbonyl (C=O) groups excluding carboxylic acids is 1. The van der Waals surface area contributed by atoms with Crippen molar-refractivity contribution in [2.75, 3.05) is 19.0 Å². The molecule has 4 nitrogen and oxygen atoms in total. The minimum absolute atomic E-state index is 0.0718. The first-order valence-corrected chi connectivity index (χ1v) is 5.36. The van der Waals surface area contributed by atoms with Gasteiger partial charge < -0.3 is 15.7 Å². The topological polar surface area (TPSA) is 61.4 Å². The Morgan fingerprint density at radius 2 is 2.24 bits per heavy atom. The van der Waals surface area contributed by atoms with Crippen molar-refractivity contribution in [3.05, 3.63) is 29.3 Å². The minimum atomic E-state index is -0.247. The van der Waals surface area contributed by atoms with Crippen molar-refractivity contribution in [2.45, 2.75) is 13.3 Å². The Balaban J connectivity index is 2.80. The number of anilines is 1. The Bertz CT molecular complexity index is 458. The average Bonchev–Trinajstić information content (AvgIpc) is 2.32. The molecule has 0 radical (unpaired) electrons. The van der Waals surface area contributed by atoms with Crippen LogP contribution in [0.2, 0.25) is 0 Å². The van der Waals surface area contributed by atoms with Gasteiger partial charge >= 0.3 is 6.03 Å². The zero-order valence-electron chi connectivity index (χ0n) is 10.0. The molecule has 0 saturated carbocycles. The lowest BCUT2D eigenvalue weighted by Crippen LogP contribution is -2.24. The van der Waals surface area contributed by atoms with Gasteiger partial charge in [-0.05, 0) is 30.7 Å². The van der Waals surface area contributed by atoms with Crippen LogP contribution in [-0.2, 0) is 0 Å². The zero-order valence-corrected chi connectivity index (χ0v) is 10.0. The molecule has 1 aromatic rings. The number of aliphatic hydroxyl groups excluding tert-OH is 1. The Morgan fingerprint density at radius 3 is 2.82 bits per heavy atom. The van der Waals surface area contributed by atoms with Gasteiger partial charge in [-0.25, -0.2) is 4.79 Å². The molecule has 1 aromatic carbocycles. The van der Waals surface area contributed by atoms with Gasteiger partial charge in [-0.2, -0.15) is 0 Å². The number of hydrogen-bond acceptors (Lipinski definition) is 2. The number of benzene rings is 1. The molecule has 90 valence electrons. The van der Waals surface area contributed by atoms with Gasteiger partial charge in [0.2, 0.25) is 0 Å². The molecule has 2 amide bonds. The number of rotatable bonds is 2. The Morgan fingerprint density at radius 1 is 1.47 bits per heavy atom. The van der Waals surface area contributed by atoms with Gasteiger partial charge in [0, 0.05) is 24.7 Å². The van der Waals surface area contributed by atoms with Gasteiger partial charge in [-0.15, -0.1) is 0 Å². The third kappa shape index (κ3) is 4.17. The normalized spacial score (nSPS) is 9.12. The summed E-state index contributed by atoms with van der Waals surface area (Å²) >= 11 is 0. The summed E-state index contributed by atoms with van der Waals surface area (Å²) in [6.45, 7) is 2.00. The monoisotopic (exact) mass is 232 g/mol. The fourth-order valence-electron chi connectivity index (χ4n) is 1.29. The van der Waals surface area contributed by atoms with Crippen molar-refractivity contribution in [3.63, 3.8) is 0 Å². The SMILES string of the molecule is CNC(=O)Nc1ccc(C#CCCO)c(C)c1. The molecule has 0 aliphatic rings. The summed E-state index contributed by atoms with van der Waals surface area (Å²) < 4.78 is 0. The van der Waals surface area contributed by atoms with E-state index < -0.39 is 0 Å². The molecule has 0 unspecified atom stereocenters. The van der Waals surface area contributed by atoms with Crippen LogP contribution in [0, 0.1) is 18.8 Å². The summed E-state index contributed by atoms with van der Waals surface area (Å²) in [7, 11) is 1.57. The van der Waals surface area contributed by atoms with E-state index in [-0.39, 0.29) is 12.6 Å². The van der Waals surface area contributed by atoms with Crippen LogP contribution < -0.4 is 10.6 Å². The van der Waals surface area contributed by atoms with Gasteiger partial charge in [0.25, 0.3) is 0 Å². The molecule has 4 heteroatoms. The number of aryl methyl sites for hydroxylation is 1. The van der Waals surface area contributed by atoms with E-state index in [2.05, 4.69) is 22.5 Å². The molecule has 0 aliphatic carbocycles. The van der Waals surface area contributed by atoms with E-state index in [9.17, 15) is 4.79 Å². The van der Waals surface area contributed by atoms with Gasteiger partial charge in [0.15, 0.2) is 0 Å². The molecule has 0 spiro atoms. The summed E-state index contributed by atoms with van der Waals surface area (Å²) in [5.74, 6) is 5.83. The summed E-state index contributed by atoms with van der Waals surface area (Å²) in [5, 5.41) is 13.8. The molecule has 0 heterocycles. The fourth-order valence-corrected chi connectivity index (χ4v) is 1.29. The van der Waals surface area contributed by atoms with Crippen molar-refractivity contribution in [2.24, 2.45) is 0 Å². The molecule has 1 rings (SSSR count). The standard InChI is InChI=1S/C13H16N2O2/c1-10-9-12(15-13(17)14-2)7-6-11(10)5-3-4-8-16/h6-7,9,16H,4,8H2,1-2H3,(H2,14,15,17). The quantitative estimate of drug-likeness (QED) is 0.676. The number of carbonyl (C=O) groups is 1. The highest BCUT2D eigenvalue weighted by molar-refractivity contribution is 5.89. The van der Waals surface area contributed by atoms with Crippen molar-refractivity contribution < 1.29 is 9.90 Å². The number of nitrogens with one attached hydrogen (secondary N) is 2. The van der Waals surface area contributed by atoms with Crippen LogP contribution in [0.25, 0.3) is 0 Å². The minimum Gasteiger partial charge on any atom is -0.395 e. The van der Waals surface area contributed by atoms with E-state index in [0.29, 0.717) is 6.42 Å². The van der Waals surface area contributed by atoms with Gasteiger partial charge in [0.1, 0.15) is 0 Å². The summed E-state index contributed by atoms with van der Waals surface area (Å²) in [6, 6.07) is 5.26. The largest absolute Gasteiger partial charge is 0.395 e. The maximum Gasteiger partial charge on any atom is 0.318 e. The zero-order chi connectivity index (χ0) is 12.7. The predicted molar refractivity (Wildman–Crippen MR) is 67.8 cm³/mol. The average molecular weight is 232 g/mol. The number of hydrogen-bond donors (Lipinski definition) is 3. The molecule has 0 atom stereocenters. The third-order valence-corrected chi connectivity index (χ3v) is 2.17. The van der Waals surface area contributed by atoms with Crippen LogP contribution >= 0.6 is 0 Å². The molecular weight excluding hydrogens is 216 g/mol. The highest BCUT2D eigenvalue weighted by Gasteiger charge is 2.00. The van der Waals surface area contributed by atoms with E-state index >= 15 is 0 Å². The van der Waals surface area contributed by atoms with E-state index in [1.807, 2.05) is 19.1 Å². The first-order chi connectivity index (χ1) is 8.17. The van der Waals surface area contributed by atoms with Crippen LogP contribution in [0.15, 0.2) is 18.2 Å². The second-order valence-electron chi connectivity index (χ2n) is 3.51. The number of urea groups is 1. The summed E-state index contributed by atoms with van der Waals surface area (Å²) in [5.41, 5.74) is 2.62. The molecule has 3 N–H and O–H groups in total. The van der Waals surface area contributed by atoms with Crippen LogP contribution in [0.3, 0.4) is 0 Å². The third-order valence-electron chi connectivity index (χ3n) is 2.17. The Hall–Kier alpha value is -1.99. The lowest BCUT2D eigenvalue weighted by molar-refractivity contribution is 0.254. The van der Waals surface area contributed by atoms with Crippen LogP contribution in [0.1, 0.15) is 17.5 Å². The molecule has 0 aliphatic heterocycles. The number of aliphatic hydroxyl groups is 1. The molecular formula is C13H16N2O2. The fraction of sp³-hybridized carbons (Fsp3) is 0.308. The van der Waals surface area contributed by atoms with E-state index in [1.165, 1.54) is 0 Å². The van der Waals surface area contributed by atoms with Crippen molar-refractivity contribution in [1.82, 2.24) is 5.32 Å². The Kier molecular flexibility index (Phi) is 5.05. The summed E-state index contributed by atoms with van der Waals surface area (Å²) in [4.78, 5) is 11.1. The van der Waals surface area contributed by atoms with Crippen LogP contribution in [0.5, 0.6) is 0 Å². The van der Waals surface area contributed by atoms with E-state index in [4.69, 9.17) is 5.11 Å². The van der Waals surface area contributed by atoms with Gasteiger partial charge in [-0.3, -0.25) is 0 Å². The molecule has 17 heavy (non-hydrogen) atoms. The smallest absolute Gasteiger partial charge is 0.318 e. The molecule has 0 fully saturated rings. The Labute approximate surface area is 101 Å². The van der Waals surface area contributed by atoms with E-state index in [0.717, 1.165) is 16.8 Å². The molecule has 0 saturated heterocycles. The van der Waals surface area contributed by atoms with Crippen LogP contribution in [0.4, 0.5) is 10.5 Å². The molecule has 0 bridgehead atoms. The lowest BCUT2D eigenvalue weighted by atomic mass is 10.1. The number of amides is 2. The maximum absolute atomic E-state index is 11.1. The van der Waals surface area contributed by atoms with Gasteiger partial charge in [0.05, 0.1) is 6.61 Å². The highest BCUT2D eigenvalue weighted by Crippen LogP contribution is 2.14. The second kappa shape index (κ2) is 6.56. The highest BCUT2D eigenvalue weighted by atomic mass is 16.2. The summed E-state index contributed by atoms with van der Waals surface area (Å²) in [6.07, 6.45) is 0.470. The van der Waals surface area contributed by atoms with Crippen molar-refractivity contribution in [3.8, 4) is 11.8 Å².